The highest BCUT2D eigenvalue weighted by Gasteiger charge is 2.34. The van der Waals surface area contributed by atoms with Gasteiger partial charge >= 0.3 is 0 Å². The molecule has 0 aromatic heterocycles. The van der Waals surface area contributed by atoms with Crippen molar-refractivity contribution in [2.24, 2.45) is 10.9 Å². The average Bonchev–Trinajstić information content (AvgIpc) is 2.30. The van der Waals surface area contributed by atoms with E-state index in [9.17, 15) is 0 Å². The second-order valence-corrected chi connectivity index (χ2v) is 5.50. The van der Waals surface area contributed by atoms with Crippen molar-refractivity contribution in [2.75, 3.05) is 0 Å². The molecular formula is C15H22N2. The van der Waals surface area contributed by atoms with Gasteiger partial charge in [0.15, 0.2) is 0 Å². The number of fused-ring (bicyclic) bond motifs is 1. The van der Waals surface area contributed by atoms with Crippen molar-refractivity contribution in [1.29, 1.82) is 5.41 Å². The van der Waals surface area contributed by atoms with Crippen molar-refractivity contribution in [3.8, 4) is 0 Å². The van der Waals surface area contributed by atoms with Gasteiger partial charge in [-0.2, -0.15) is 0 Å². The lowest BCUT2D eigenvalue weighted by molar-refractivity contribution is 0.345. The first-order valence-electron chi connectivity index (χ1n) is 6.58. The lowest BCUT2D eigenvalue weighted by Gasteiger charge is -2.37. The Balaban J connectivity index is 2.48. The van der Waals surface area contributed by atoms with Crippen LogP contribution in [0.4, 0.5) is 0 Å². The number of aliphatic imine (C=N–C) groups is 1. The van der Waals surface area contributed by atoms with E-state index in [0.29, 0.717) is 11.6 Å². The van der Waals surface area contributed by atoms with E-state index in [-0.39, 0.29) is 5.54 Å². The SMILES string of the molecule is CCC1CC(C)(CC)N=C2C=C(C)C(=N)C=C21. The van der Waals surface area contributed by atoms with Crippen LogP contribution >= 0.6 is 0 Å². The van der Waals surface area contributed by atoms with Gasteiger partial charge in [-0.25, -0.2) is 0 Å². The third-order valence-electron chi connectivity index (χ3n) is 4.14. The minimum atomic E-state index is 0.0870. The molecule has 0 bridgehead atoms. The summed E-state index contributed by atoms with van der Waals surface area (Å²) in [5, 5.41) is 7.93. The van der Waals surface area contributed by atoms with Crippen LogP contribution in [0.25, 0.3) is 0 Å². The molecule has 0 fully saturated rings. The molecule has 0 amide bonds. The van der Waals surface area contributed by atoms with Crippen LogP contribution in [0.5, 0.6) is 0 Å². The normalized spacial score (nSPS) is 32.6. The number of nitrogens with one attached hydrogen (secondary N) is 1. The molecule has 2 rings (SSSR count). The summed E-state index contributed by atoms with van der Waals surface area (Å²) in [6, 6.07) is 0. The molecule has 1 aliphatic heterocycles. The fourth-order valence-electron chi connectivity index (χ4n) is 2.70. The lowest BCUT2D eigenvalue weighted by Crippen LogP contribution is -2.35. The number of hydrogen-bond acceptors (Lipinski definition) is 2. The summed E-state index contributed by atoms with van der Waals surface area (Å²) in [6.45, 7) is 8.70. The highest BCUT2D eigenvalue weighted by molar-refractivity contribution is 6.23. The van der Waals surface area contributed by atoms with Gasteiger partial charge in [-0.15, -0.1) is 0 Å². The van der Waals surface area contributed by atoms with E-state index < -0.39 is 0 Å². The van der Waals surface area contributed by atoms with Crippen LogP contribution < -0.4 is 0 Å². The van der Waals surface area contributed by atoms with Gasteiger partial charge in [-0.1, -0.05) is 13.8 Å². The van der Waals surface area contributed by atoms with E-state index in [1.165, 1.54) is 5.57 Å². The van der Waals surface area contributed by atoms with Crippen LogP contribution in [0.2, 0.25) is 0 Å². The van der Waals surface area contributed by atoms with E-state index in [0.717, 1.165) is 30.5 Å². The summed E-state index contributed by atoms with van der Waals surface area (Å²) in [5.41, 5.74) is 4.18. The second-order valence-electron chi connectivity index (χ2n) is 5.50. The smallest absolute Gasteiger partial charge is 0.0619 e. The van der Waals surface area contributed by atoms with Crippen molar-refractivity contribution in [3.05, 3.63) is 23.3 Å². The molecule has 0 radical (unpaired) electrons. The summed E-state index contributed by atoms with van der Waals surface area (Å²) in [4.78, 5) is 4.91. The molecule has 0 saturated carbocycles. The van der Waals surface area contributed by atoms with Gasteiger partial charge in [-0.05, 0) is 62.3 Å². The molecule has 2 aliphatic rings. The van der Waals surface area contributed by atoms with Crippen LogP contribution in [0, 0.1) is 11.3 Å². The topological polar surface area (TPSA) is 36.2 Å². The fourth-order valence-corrected chi connectivity index (χ4v) is 2.70. The molecular weight excluding hydrogens is 208 g/mol. The zero-order valence-corrected chi connectivity index (χ0v) is 11.3. The fraction of sp³-hybridized carbons (Fsp3) is 0.600. The summed E-state index contributed by atoms with van der Waals surface area (Å²) in [6.07, 6.45) is 7.46. The van der Waals surface area contributed by atoms with Gasteiger partial charge < -0.3 is 5.41 Å². The first kappa shape index (κ1) is 12.3. The molecule has 92 valence electrons. The Bertz CT molecular complexity index is 440. The van der Waals surface area contributed by atoms with Gasteiger partial charge in [0.05, 0.1) is 17.0 Å². The average molecular weight is 230 g/mol. The molecule has 1 N–H and O–H groups in total. The van der Waals surface area contributed by atoms with Crippen LogP contribution in [-0.2, 0) is 0 Å². The van der Waals surface area contributed by atoms with Crippen LogP contribution in [-0.4, -0.2) is 17.0 Å². The zero-order valence-electron chi connectivity index (χ0n) is 11.3. The maximum absolute atomic E-state index is 7.93. The molecule has 2 nitrogen and oxygen atoms in total. The number of hydrogen-bond donors (Lipinski definition) is 1. The van der Waals surface area contributed by atoms with Crippen molar-refractivity contribution in [2.45, 2.75) is 52.5 Å². The van der Waals surface area contributed by atoms with E-state index in [2.05, 4.69) is 26.8 Å². The lowest BCUT2D eigenvalue weighted by atomic mass is 9.75. The minimum Gasteiger partial charge on any atom is -0.301 e. The van der Waals surface area contributed by atoms with Crippen molar-refractivity contribution < 1.29 is 0 Å². The maximum Gasteiger partial charge on any atom is 0.0619 e. The molecule has 0 aromatic rings. The number of rotatable bonds is 2. The Morgan fingerprint density at radius 3 is 2.71 bits per heavy atom. The van der Waals surface area contributed by atoms with Gasteiger partial charge in [0, 0.05) is 0 Å². The van der Waals surface area contributed by atoms with Crippen molar-refractivity contribution in [3.63, 3.8) is 0 Å². The monoisotopic (exact) mass is 230 g/mol. The Kier molecular flexibility index (Phi) is 3.07. The van der Waals surface area contributed by atoms with Gasteiger partial charge in [0.25, 0.3) is 0 Å². The highest BCUT2D eigenvalue weighted by Crippen LogP contribution is 2.38. The van der Waals surface area contributed by atoms with Crippen LogP contribution in [0.1, 0.15) is 47.0 Å². The molecule has 0 spiro atoms. The molecule has 2 atom stereocenters. The third kappa shape index (κ3) is 2.13. The molecule has 17 heavy (non-hydrogen) atoms. The third-order valence-corrected chi connectivity index (χ3v) is 4.14. The molecule has 2 heteroatoms. The van der Waals surface area contributed by atoms with E-state index in [4.69, 9.17) is 10.4 Å². The van der Waals surface area contributed by atoms with Gasteiger partial charge in [0.1, 0.15) is 0 Å². The minimum absolute atomic E-state index is 0.0870. The zero-order chi connectivity index (χ0) is 12.6. The standard InChI is InChI=1S/C15H22N2/c1-5-11-9-15(4,6-2)17-14-7-10(3)13(16)8-12(11)14/h7-8,11,16H,5-6,9H2,1-4H3. The van der Waals surface area contributed by atoms with Crippen LogP contribution in [0.15, 0.2) is 28.3 Å². The number of nitrogens with zero attached hydrogens (tertiary/aromatic N) is 1. The summed E-state index contributed by atoms with van der Waals surface area (Å²) < 4.78 is 0. The van der Waals surface area contributed by atoms with E-state index >= 15 is 0 Å². The Morgan fingerprint density at radius 2 is 2.12 bits per heavy atom. The summed E-state index contributed by atoms with van der Waals surface area (Å²) >= 11 is 0. The Morgan fingerprint density at radius 1 is 1.41 bits per heavy atom. The molecule has 0 saturated heterocycles. The van der Waals surface area contributed by atoms with Gasteiger partial charge in [-0.3, -0.25) is 4.99 Å². The quantitative estimate of drug-likeness (QED) is 0.698. The van der Waals surface area contributed by atoms with Gasteiger partial charge in [0.2, 0.25) is 0 Å². The Hall–Kier alpha value is -1.18. The summed E-state index contributed by atoms with van der Waals surface area (Å²) in [5.74, 6) is 0.567. The highest BCUT2D eigenvalue weighted by atomic mass is 14.9. The molecule has 1 aliphatic carbocycles. The predicted molar refractivity (Wildman–Crippen MR) is 74.1 cm³/mol. The largest absolute Gasteiger partial charge is 0.301 e. The molecule has 0 aromatic carbocycles. The van der Waals surface area contributed by atoms with Crippen molar-refractivity contribution >= 4 is 11.4 Å². The Labute approximate surface area is 104 Å². The second kappa shape index (κ2) is 4.25. The van der Waals surface area contributed by atoms with E-state index in [1.807, 2.05) is 13.0 Å². The molecule has 1 heterocycles. The maximum atomic E-state index is 7.93. The summed E-state index contributed by atoms with van der Waals surface area (Å²) in [7, 11) is 0. The molecule has 2 unspecified atom stereocenters. The van der Waals surface area contributed by atoms with Crippen LogP contribution in [0.3, 0.4) is 0 Å². The first-order chi connectivity index (χ1) is 7.99. The number of allylic oxidation sites excluding steroid dienone is 4. The van der Waals surface area contributed by atoms with Crippen molar-refractivity contribution in [1.82, 2.24) is 0 Å². The predicted octanol–water partition coefficient (Wildman–Crippen LogP) is 3.93. The first-order valence-corrected chi connectivity index (χ1v) is 6.58. The van der Waals surface area contributed by atoms with E-state index in [1.54, 1.807) is 0 Å².